The number of rotatable bonds is 14. The van der Waals surface area contributed by atoms with E-state index in [1.807, 2.05) is 0 Å². The van der Waals surface area contributed by atoms with Crippen molar-refractivity contribution in [3.8, 4) is 0 Å². The highest BCUT2D eigenvalue weighted by molar-refractivity contribution is 7.54. The summed E-state index contributed by atoms with van der Waals surface area (Å²) < 4.78 is 56.6. The lowest BCUT2D eigenvalue weighted by atomic mass is 10.9. The van der Waals surface area contributed by atoms with E-state index in [4.69, 9.17) is 26.9 Å². The standard InChI is InChI=1S/C12H30O8P2Si/c1-7-15-21(13,16-8-2)11-19-23(5,6)20-12-22(14,17-9-3)18-10-4/h7-12H2,1-6H3. The predicted molar refractivity (Wildman–Crippen MR) is 91.1 cm³/mol. The topological polar surface area (TPSA) is 89.5 Å². The van der Waals surface area contributed by atoms with Gasteiger partial charge in [-0.05, 0) is 40.8 Å². The van der Waals surface area contributed by atoms with Crippen molar-refractivity contribution in [3.63, 3.8) is 0 Å². The molecule has 0 spiro atoms. The third kappa shape index (κ3) is 10.1. The average molecular weight is 392 g/mol. The Bertz CT molecular complexity index is 362. The van der Waals surface area contributed by atoms with Crippen LogP contribution in [0, 0.1) is 0 Å². The summed E-state index contributed by atoms with van der Waals surface area (Å²) in [5.74, 6) is 0. The summed E-state index contributed by atoms with van der Waals surface area (Å²) in [6.07, 6.45) is -0.414. The van der Waals surface area contributed by atoms with Crippen molar-refractivity contribution in [2.24, 2.45) is 0 Å². The summed E-state index contributed by atoms with van der Waals surface area (Å²) >= 11 is 0. The van der Waals surface area contributed by atoms with Crippen LogP contribution in [0.15, 0.2) is 0 Å². The van der Waals surface area contributed by atoms with E-state index in [2.05, 4.69) is 0 Å². The van der Waals surface area contributed by atoms with Crippen molar-refractivity contribution in [3.05, 3.63) is 0 Å². The van der Waals surface area contributed by atoms with E-state index >= 15 is 0 Å². The first-order valence-electron chi connectivity index (χ1n) is 7.70. The molecule has 8 nitrogen and oxygen atoms in total. The molecule has 0 aliphatic heterocycles. The van der Waals surface area contributed by atoms with Gasteiger partial charge in [0.25, 0.3) is 0 Å². The fourth-order valence-corrected chi connectivity index (χ4v) is 7.38. The van der Waals surface area contributed by atoms with Crippen LogP contribution in [0.25, 0.3) is 0 Å². The van der Waals surface area contributed by atoms with E-state index < -0.39 is 23.8 Å². The third-order valence-electron chi connectivity index (χ3n) is 2.44. The highest BCUT2D eigenvalue weighted by Gasteiger charge is 2.35. The summed E-state index contributed by atoms with van der Waals surface area (Å²) in [6, 6.07) is 0. The lowest BCUT2D eigenvalue weighted by Gasteiger charge is -2.27. The van der Waals surface area contributed by atoms with Crippen molar-refractivity contribution < 1.29 is 36.1 Å². The van der Waals surface area contributed by atoms with Gasteiger partial charge in [-0.15, -0.1) is 0 Å². The van der Waals surface area contributed by atoms with Crippen LogP contribution in [-0.4, -0.2) is 47.7 Å². The van der Waals surface area contributed by atoms with Crippen LogP contribution < -0.4 is 0 Å². The van der Waals surface area contributed by atoms with Gasteiger partial charge in [0.15, 0.2) is 0 Å². The highest BCUT2D eigenvalue weighted by Crippen LogP contribution is 2.50. The molecule has 0 atom stereocenters. The minimum atomic E-state index is -3.30. The van der Waals surface area contributed by atoms with E-state index in [1.54, 1.807) is 40.8 Å². The van der Waals surface area contributed by atoms with Gasteiger partial charge in [0.1, 0.15) is 12.7 Å². The molecule has 0 heterocycles. The van der Waals surface area contributed by atoms with E-state index in [0.29, 0.717) is 0 Å². The highest BCUT2D eigenvalue weighted by atomic mass is 31.2. The Labute approximate surface area is 140 Å². The van der Waals surface area contributed by atoms with Crippen molar-refractivity contribution in [2.45, 2.75) is 40.8 Å². The Morgan fingerprint density at radius 1 is 0.652 bits per heavy atom. The molecular formula is C12H30O8P2Si. The SMILES string of the molecule is CCOP(=O)(CO[Si](C)(C)OCP(=O)(OCC)OCC)OCC. The van der Waals surface area contributed by atoms with Crippen LogP contribution in [-0.2, 0) is 36.1 Å². The third-order valence-corrected chi connectivity index (χ3v) is 8.11. The molecule has 0 aliphatic carbocycles. The molecule has 0 aliphatic rings. The van der Waals surface area contributed by atoms with E-state index in [1.165, 1.54) is 0 Å². The summed E-state index contributed by atoms with van der Waals surface area (Å²) in [5, 5.41) is 0. The molecule has 0 radical (unpaired) electrons. The first kappa shape index (κ1) is 23.4. The zero-order chi connectivity index (χ0) is 18.0. The molecule has 0 rings (SSSR count). The van der Waals surface area contributed by atoms with Crippen LogP contribution in [0.5, 0.6) is 0 Å². The Morgan fingerprint density at radius 3 is 1.13 bits per heavy atom. The summed E-state index contributed by atoms with van der Waals surface area (Å²) in [5.41, 5.74) is 0. The van der Waals surface area contributed by atoms with Crippen molar-refractivity contribution in [1.29, 1.82) is 0 Å². The summed E-state index contributed by atoms with van der Waals surface area (Å²) in [7, 11) is -9.31. The van der Waals surface area contributed by atoms with Gasteiger partial charge in [-0.2, -0.15) is 0 Å². The van der Waals surface area contributed by atoms with Gasteiger partial charge in [0, 0.05) is 0 Å². The van der Waals surface area contributed by atoms with Crippen LogP contribution in [0.1, 0.15) is 27.7 Å². The van der Waals surface area contributed by atoms with Crippen LogP contribution in [0.4, 0.5) is 0 Å². The second-order valence-corrected chi connectivity index (χ2v) is 12.2. The molecule has 0 aromatic carbocycles. The lowest BCUT2D eigenvalue weighted by Crippen LogP contribution is -2.36. The Balaban J connectivity index is 4.62. The van der Waals surface area contributed by atoms with Crippen LogP contribution >= 0.6 is 15.2 Å². The van der Waals surface area contributed by atoms with Crippen molar-refractivity contribution >= 4 is 23.8 Å². The molecule has 23 heavy (non-hydrogen) atoms. The molecular weight excluding hydrogens is 362 g/mol. The molecule has 0 saturated carbocycles. The molecule has 0 fully saturated rings. The Morgan fingerprint density at radius 2 is 0.913 bits per heavy atom. The Hall–Kier alpha value is 0.437. The molecule has 140 valence electrons. The van der Waals surface area contributed by atoms with Crippen LogP contribution in [0.2, 0.25) is 13.1 Å². The first-order chi connectivity index (χ1) is 10.7. The van der Waals surface area contributed by atoms with Gasteiger partial charge in [0.05, 0.1) is 26.4 Å². The predicted octanol–water partition coefficient (Wildman–Crippen LogP) is 4.17. The fourth-order valence-electron chi connectivity index (χ4n) is 1.52. The molecule has 0 aromatic rings. The van der Waals surface area contributed by atoms with Gasteiger partial charge in [-0.3, -0.25) is 9.13 Å². The molecule has 0 bridgehead atoms. The molecule has 11 heteroatoms. The first-order valence-corrected chi connectivity index (χ1v) is 14.0. The molecule has 0 amide bonds. The van der Waals surface area contributed by atoms with Gasteiger partial charge in [-0.1, -0.05) is 0 Å². The van der Waals surface area contributed by atoms with E-state index in [-0.39, 0.29) is 39.1 Å². The van der Waals surface area contributed by atoms with Gasteiger partial charge in [0.2, 0.25) is 0 Å². The summed E-state index contributed by atoms with van der Waals surface area (Å²) in [4.78, 5) is 0. The number of hydrogen-bond acceptors (Lipinski definition) is 8. The Kier molecular flexibility index (Phi) is 11.3. The second kappa shape index (κ2) is 11.1. The maximum atomic E-state index is 12.4. The van der Waals surface area contributed by atoms with Gasteiger partial charge in [-0.25, -0.2) is 0 Å². The monoisotopic (exact) mass is 392 g/mol. The van der Waals surface area contributed by atoms with E-state index in [0.717, 1.165) is 0 Å². The normalized spacial score (nSPS) is 13.5. The summed E-state index contributed by atoms with van der Waals surface area (Å²) in [6.45, 7) is 11.4. The second-order valence-electron chi connectivity index (χ2n) is 4.84. The fraction of sp³-hybridized carbons (Fsp3) is 1.00. The zero-order valence-corrected chi connectivity index (χ0v) is 17.7. The molecule has 0 saturated heterocycles. The minimum absolute atomic E-state index is 0.207. The molecule has 0 N–H and O–H groups in total. The maximum absolute atomic E-state index is 12.4. The zero-order valence-electron chi connectivity index (χ0n) is 14.9. The smallest absolute Gasteiger partial charge is 0.354 e. The van der Waals surface area contributed by atoms with Gasteiger partial charge < -0.3 is 26.9 Å². The van der Waals surface area contributed by atoms with E-state index in [9.17, 15) is 9.13 Å². The van der Waals surface area contributed by atoms with Gasteiger partial charge >= 0.3 is 23.8 Å². The maximum Gasteiger partial charge on any atom is 0.354 e. The number of hydrogen-bond donors (Lipinski definition) is 0. The van der Waals surface area contributed by atoms with Crippen molar-refractivity contribution in [1.82, 2.24) is 0 Å². The quantitative estimate of drug-likeness (QED) is 0.321. The largest absolute Gasteiger partial charge is 0.382 e. The van der Waals surface area contributed by atoms with Crippen LogP contribution in [0.3, 0.4) is 0 Å². The minimum Gasteiger partial charge on any atom is -0.382 e. The molecule has 0 aromatic heterocycles. The molecule has 0 unspecified atom stereocenters. The average Bonchev–Trinajstić information content (AvgIpc) is 2.45. The van der Waals surface area contributed by atoms with Crippen molar-refractivity contribution in [2.75, 3.05) is 39.1 Å². The lowest BCUT2D eigenvalue weighted by molar-refractivity contribution is 0.157.